The first-order valence-electron chi connectivity index (χ1n) is 10.7. The molecule has 0 heterocycles. The molecule has 182 valence electrons. The molecular formula is C26H31ClN2O5. The zero-order valence-corrected chi connectivity index (χ0v) is 20.6. The Morgan fingerprint density at radius 1 is 0.912 bits per heavy atom. The van der Waals surface area contributed by atoms with Crippen LogP contribution in [0, 0.1) is 0 Å². The molecule has 1 amide bonds. The van der Waals surface area contributed by atoms with Crippen molar-refractivity contribution < 1.29 is 23.7 Å². The lowest BCUT2D eigenvalue weighted by molar-refractivity contribution is 0.0935. The zero-order chi connectivity index (χ0) is 23.8. The molecule has 0 aliphatic rings. The molecule has 3 rings (SSSR count). The van der Waals surface area contributed by atoms with E-state index < -0.39 is 0 Å². The molecule has 8 heteroatoms. The highest BCUT2D eigenvalue weighted by Gasteiger charge is 2.26. The predicted octanol–water partition coefficient (Wildman–Crippen LogP) is 4.92. The second kappa shape index (κ2) is 12.7. The second-order valence-corrected chi connectivity index (χ2v) is 7.41. The first kappa shape index (κ1) is 26.8. The number of methoxy groups -OCH3 is 3. The SMILES string of the molecule is COc1c(Oc2ccc(CCN)cc2)cc(C(=O)N[C@H](C)c2ccccc2)c(OC)c1OC.Cl. The van der Waals surface area contributed by atoms with Gasteiger partial charge in [0.25, 0.3) is 5.91 Å². The summed E-state index contributed by atoms with van der Waals surface area (Å²) in [7, 11) is 4.47. The maximum absolute atomic E-state index is 13.2. The highest BCUT2D eigenvalue weighted by molar-refractivity contribution is 5.99. The second-order valence-electron chi connectivity index (χ2n) is 7.41. The largest absolute Gasteiger partial charge is 0.492 e. The molecule has 0 aliphatic heterocycles. The highest BCUT2D eigenvalue weighted by Crippen LogP contribution is 2.48. The molecule has 34 heavy (non-hydrogen) atoms. The number of rotatable bonds is 10. The van der Waals surface area contributed by atoms with E-state index in [1.54, 1.807) is 6.07 Å². The van der Waals surface area contributed by atoms with Gasteiger partial charge in [0.1, 0.15) is 5.75 Å². The summed E-state index contributed by atoms with van der Waals surface area (Å²) in [5, 5.41) is 3.01. The first-order chi connectivity index (χ1) is 16.0. The van der Waals surface area contributed by atoms with Crippen LogP contribution >= 0.6 is 12.4 Å². The molecule has 0 spiro atoms. The summed E-state index contributed by atoms with van der Waals surface area (Å²) < 4.78 is 22.7. The fourth-order valence-electron chi connectivity index (χ4n) is 3.54. The van der Waals surface area contributed by atoms with Gasteiger partial charge < -0.3 is 30.0 Å². The Morgan fingerprint density at radius 2 is 1.53 bits per heavy atom. The average molecular weight is 487 g/mol. The fraction of sp³-hybridized carbons (Fsp3) is 0.269. The number of hydrogen-bond acceptors (Lipinski definition) is 6. The highest BCUT2D eigenvalue weighted by atomic mass is 35.5. The lowest BCUT2D eigenvalue weighted by Crippen LogP contribution is -2.27. The van der Waals surface area contributed by atoms with Crippen molar-refractivity contribution in [3.05, 3.63) is 77.4 Å². The average Bonchev–Trinajstić information content (AvgIpc) is 2.84. The molecule has 0 bridgehead atoms. The van der Waals surface area contributed by atoms with E-state index in [-0.39, 0.29) is 41.4 Å². The van der Waals surface area contributed by atoms with E-state index in [1.165, 1.54) is 21.3 Å². The molecule has 7 nitrogen and oxygen atoms in total. The monoisotopic (exact) mass is 486 g/mol. The normalized spacial score (nSPS) is 11.1. The Labute approximate surface area is 206 Å². The third-order valence-electron chi connectivity index (χ3n) is 5.24. The van der Waals surface area contributed by atoms with Crippen LogP contribution in [0.2, 0.25) is 0 Å². The summed E-state index contributed by atoms with van der Waals surface area (Å²) in [6.45, 7) is 2.49. The van der Waals surface area contributed by atoms with Gasteiger partial charge in [0.2, 0.25) is 11.5 Å². The van der Waals surface area contributed by atoms with E-state index in [4.69, 9.17) is 24.7 Å². The quantitative estimate of drug-likeness (QED) is 0.422. The predicted molar refractivity (Wildman–Crippen MR) is 135 cm³/mol. The van der Waals surface area contributed by atoms with Crippen molar-refractivity contribution in [2.24, 2.45) is 5.73 Å². The van der Waals surface area contributed by atoms with Crippen LogP contribution in [0.1, 0.15) is 34.5 Å². The Balaban J connectivity index is 0.00000408. The van der Waals surface area contributed by atoms with Crippen LogP contribution in [-0.4, -0.2) is 33.8 Å². The van der Waals surface area contributed by atoms with Gasteiger partial charge in [-0.3, -0.25) is 4.79 Å². The van der Waals surface area contributed by atoms with Crippen molar-refractivity contribution in [3.8, 4) is 28.7 Å². The van der Waals surface area contributed by atoms with Gasteiger partial charge >= 0.3 is 0 Å². The first-order valence-corrected chi connectivity index (χ1v) is 10.7. The molecular weight excluding hydrogens is 456 g/mol. The van der Waals surface area contributed by atoms with E-state index in [2.05, 4.69) is 5.32 Å². The van der Waals surface area contributed by atoms with Crippen LogP contribution < -0.4 is 30.0 Å². The maximum atomic E-state index is 13.2. The molecule has 0 saturated carbocycles. The smallest absolute Gasteiger partial charge is 0.255 e. The number of benzene rings is 3. The number of carbonyl (C=O) groups is 1. The number of hydrogen-bond donors (Lipinski definition) is 2. The molecule has 0 unspecified atom stereocenters. The summed E-state index contributed by atoms with van der Waals surface area (Å²) in [6, 6.07) is 18.7. The molecule has 1 atom stereocenters. The minimum absolute atomic E-state index is 0. The van der Waals surface area contributed by atoms with E-state index in [9.17, 15) is 4.79 Å². The molecule has 0 fully saturated rings. The Hall–Kier alpha value is -3.42. The maximum Gasteiger partial charge on any atom is 0.255 e. The lowest BCUT2D eigenvalue weighted by atomic mass is 10.1. The van der Waals surface area contributed by atoms with Crippen molar-refractivity contribution in [2.75, 3.05) is 27.9 Å². The van der Waals surface area contributed by atoms with Crippen molar-refractivity contribution in [1.29, 1.82) is 0 Å². The Morgan fingerprint density at radius 3 is 2.09 bits per heavy atom. The third-order valence-corrected chi connectivity index (χ3v) is 5.24. The van der Waals surface area contributed by atoms with Crippen molar-refractivity contribution in [1.82, 2.24) is 5.32 Å². The Bertz CT molecular complexity index is 1070. The zero-order valence-electron chi connectivity index (χ0n) is 19.8. The van der Waals surface area contributed by atoms with Crippen molar-refractivity contribution in [2.45, 2.75) is 19.4 Å². The molecule has 3 aromatic carbocycles. The molecule has 3 aromatic rings. The van der Waals surface area contributed by atoms with Gasteiger partial charge in [0.15, 0.2) is 11.5 Å². The van der Waals surface area contributed by atoms with Gasteiger partial charge in [-0.05, 0) is 43.1 Å². The van der Waals surface area contributed by atoms with Crippen LogP contribution in [-0.2, 0) is 6.42 Å². The number of ether oxygens (including phenoxy) is 4. The van der Waals surface area contributed by atoms with Crippen LogP contribution in [0.3, 0.4) is 0 Å². The van der Waals surface area contributed by atoms with E-state index in [0.29, 0.717) is 23.8 Å². The number of nitrogens with two attached hydrogens (primary N) is 1. The molecule has 0 aromatic heterocycles. The molecule has 0 saturated heterocycles. The van der Waals surface area contributed by atoms with Crippen LogP contribution in [0.4, 0.5) is 0 Å². The number of amides is 1. The van der Waals surface area contributed by atoms with Gasteiger partial charge in [0.05, 0.1) is 32.9 Å². The molecule has 0 aliphatic carbocycles. The summed E-state index contributed by atoms with van der Waals surface area (Å²) in [6.07, 6.45) is 0.782. The van der Waals surface area contributed by atoms with Gasteiger partial charge in [-0.25, -0.2) is 0 Å². The van der Waals surface area contributed by atoms with Crippen LogP contribution in [0.5, 0.6) is 28.7 Å². The Kier molecular flexibility index (Phi) is 10.0. The van der Waals surface area contributed by atoms with E-state index >= 15 is 0 Å². The topological polar surface area (TPSA) is 92.0 Å². The van der Waals surface area contributed by atoms with Gasteiger partial charge in [0, 0.05) is 6.07 Å². The third kappa shape index (κ3) is 6.12. The summed E-state index contributed by atoms with van der Waals surface area (Å²) in [4.78, 5) is 13.2. The summed E-state index contributed by atoms with van der Waals surface area (Å²) in [5.74, 6) is 1.46. The van der Waals surface area contributed by atoms with E-state index in [1.807, 2.05) is 61.5 Å². The molecule has 0 radical (unpaired) electrons. The minimum atomic E-state index is -0.327. The number of carbonyl (C=O) groups excluding carboxylic acids is 1. The number of nitrogens with one attached hydrogen (secondary N) is 1. The summed E-state index contributed by atoms with van der Waals surface area (Å²) >= 11 is 0. The van der Waals surface area contributed by atoms with Gasteiger partial charge in [-0.15, -0.1) is 12.4 Å². The van der Waals surface area contributed by atoms with Crippen molar-refractivity contribution in [3.63, 3.8) is 0 Å². The lowest BCUT2D eigenvalue weighted by Gasteiger charge is -2.20. The van der Waals surface area contributed by atoms with Crippen LogP contribution in [0.15, 0.2) is 60.7 Å². The standard InChI is InChI=1S/C26H30N2O5.ClH/c1-17(19-8-6-5-7-9-19)28-26(29)21-16-22(24(31-3)25(32-4)23(21)30-2)33-20-12-10-18(11-13-20)14-15-27;/h5-13,16-17H,14-15,27H2,1-4H3,(H,28,29);1H/t17-;/m1./s1. The van der Waals surface area contributed by atoms with E-state index in [0.717, 1.165) is 17.5 Å². The number of halogens is 1. The van der Waals surface area contributed by atoms with Crippen molar-refractivity contribution >= 4 is 18.3 Å². The minimum Gasteiger partial charge on any atom is -0.492 e. The van der Waals surface area contributed by atoms with Gasteiger partial charge in [-0.1, -0.05) is 42.5 Å². The molecule has 3 N–H and O–H groups in total. The fourth-order valence-corrected chi connectivity index (χ4v) is 3.54. The summed E-state index contributed by atoms with van der Waals surface area (Å²) in [5.41, 5.74) is 7.99. The van der Waals surface area contributed by atoms with Gasteiger partial charge in [-0.2, -0.15) is 0 Å². The van der Waals surface area contributed by atoms with Crippen LogP contribution in [0.25, 0.3) is 0 Å².